The second kappa shape index (κ2) is 16.9. The van der Waals surface area contributed by atoms with Crippen LogP contribution in [0.3, 0.4) is 0 Å². The standard InChI is InChI=1S/C20H34N4O3.C8H10FN/c1-3-4-10-18-13-22(2)24(16-26)19(21-15-25)14-23(20(18)27)12-11-17-8-6-5-7-9-17;1-10-6-7-2-4-8(9)5-3-7/h8,15-16,18-19H,3-7,9-14H2,1-2H3,(H,21,25);2-5,10H,6H2,1H3/t18-,19?;/m1./s1. The van der Waals surface area contributed by atoms with Crippen molar-refractivity contribution in [2.45, 2.75) is 71.0 Å². The van der Waals surface area contributed by atoms with Crippen LogP contribution in [0.4, 0.5) is 4.39 Å². The lowest BCUT2D eigenvalue weighted by Crippen LogP contribution is -2.61. The van der Waals surface area contributed by atoms with Gasteiger partial charge in [-0.2, -0.15) is 0 Å². The van der Waals surface area contributed by atoms with E-state index in [0.717, 1.165) is 57.0 Å². The summed E-state index contributed by atoms with van der Waals surface area (Å²) in [7, 11) is 3.66. The summed E-state index contributed by atoms with van der Waals surface area (Å²) >= 11 is 0. The molecule has 0 bridgehead atoms. The summed E-state index contributed by atoms with van der Waals surface area (Å²) in [5, 5.41) is 8.93. The molecule has 37 heavy (non-hydrogen) atoms. The highest BCUT2D eigenvalue weighted by molar-refractivity contribution is 5.79. The van der Waals surface area contributed by atoms with Gasteiger partial charge in [0, 0.05) is 26.7 Å². The molecule has 8 nitrogen and oxygen atoms in total. The highest BCUT2D eigenvalue weighted by Gasteiger charge is 2.34. The number of unbranched alkanes of at least 4 members (excludes halogenated alkanes) is 1. The number of nitrogens with zero attached hydrogens (tertiary/aromatic N) is 3. The molecule has 0 saturated carbocycles. The van der Waals surface area contributed by atoms with E-state index in [-0.39, 0.29) is 17.6 Å². The summed E-state index contributed by atoms with van der Waals surface area (Å²) in [6.45, 7) is 4.34. The predicted molar refractivity (Wildman–Crippen MR) is 143 cm³/mol. The quantitative estimate of drug-likeness (QED) is 0.347. The van der Waals surface area contributed by atoms with Gasteiger partial charge in [0.2, 0.25) is 18.7 Å². The number of carbonyl (C=O) groups excluding carboxylic acids is 3. The summed E-state index contributed by atoms with van der Waals surface area (Å²) in [5.41, 5.74) is 2.52. The smallest absolute Gasteiger partial charge is 0.227 e. The molecule has 0 aromatic heterocycles. The van der Waals surface area contributed by atoms with Crippen LogP contribution in [-0.4, -0.2) is 73.5 Å². The third-order valence-electron chi connectivity index (χ3n) is 6.91. The van der Waals surface area contributed by atoms with Gasteiger partial charge < -0.3 is 15.5 Å². The first-order valence-corrected chi connectivity index (χ1v) is 13.4. The van der Waals surface area contributed by atoms with Crippen molar-refractivity contribution in [1.82, 2.24) is 25.6 Å². The molecule has 1 aromatic carbocycles. The lowest BCUT2D eigenvalue weighted by atomic mass is 9.96. The van der Waals surface area contributed by atoms with Crippen LogP contribution in [0.1, 0.15) is 63.9 Å². The number of hydrazine groups is 1. The van der Waals surface area contributed by atoms with E-state index < -0.39 is 6.17 Å². The summed E-state index contributed by atoms with van der Waals surface area (Å²) < 4.78 is 12.3. The molecule has 1 aliphatic carbocycles. The molecule has 2 N–H and O–H groups in total. The Morgan fingerprint density at radius 3 is 2.49 bits per heavy atom. The van der Waals surface area contributed by atoms with Gasteiger partial charge in [-0.15, -0.1) is 0 Å². The highest BCUT2D eigenvalue weighted by atomic mass is 19.1. The van der Waals surface area contributed by atoms with Crippen LogP contribution < -0.4 is 10.6 Å². The third kappa shape index (κ3) is 10.2. The maximum atomic E-state index is 13.2. The second-order valence-corrected chi connectivity index (χ2v) is 9.76. The van der Waals surface area contributed by atoms with Crippen LogP contribution in [-0.2, 0) is 20.9 Å². The molecule has 1 aromatic rings. The van der Waals surface area contributed by atoms with Crippen LogP contribution in [0, 0.1) is 11.7 Å². The Bertz CT molecular complexity index is 864. The number of nitrogens with one attached hydrogen (secondary N) is 2. The van der Waals surface area contributed by atoms with Crippen molar-refractivity contribution in [1.29, 1.82) is 0 Å². The number of halogens is 1. The first kappa shape index (κ1) is 30.4. The molecule has 1 unspecified atom stereocenters. The molecular weight excluding hydrogens is 473 g/mol. The third-order valence-corrected chi connectivity index (χ3v) is 6.91. The van der Waals surface area contributed by atoms with Crippen molar-refractivity contribution >= 4 is 18.7 Å². The van der Waals surface area contributed by atoms with Gasteiger partial charge in [-0.05, 0) is 63.3 Å². The van der Waals surface area contributed by atoms with Gasteiger partial charge in [-0.1, -0.05) is 43.5 Å². The fraction of sp³-hybridized carbons (Fsp3) is 0.607. The normalized spacial score (nSPS) is 20.8. The molecule has 1 saturated heterocycles. The Morgan fingerprint density at radius 2 is 1.89 bits per heavy atom. The first-order chi connectivity index (χ1) is 17.9. The van der Waals surface area contributed by atoms with E-state index in [0.29, 0.717) is 26.0 Å². The van der Waals surface area contributed by atoms with Crippen molar-refractivity contribution in [3.63, 3.8) is 0 Å². The highest BCUT2D eigenvalue weighted by Crippen LogP contribution is 2.23. The molecule has 1 aliphatic heterocycles. The molecular formula is C28H44FN5O3. The Hall–Kier alpha value is -2.78. The van der Waals surface area contributed by atoms with Crippen molar-refractivity contribution in [3.05, 3.63) is 47.3 Å². The van der Waals surface area contributed by atoms with Crippen LogP contribution in [0.25, 0.3) is 0 Å². The average molecular weight is 518 g/mol. The maximum absolute atomic E-state index is 13.2. The number of hydrogen-bond acceptors (Lipinski definition) is 5. The first-order valence-electron chi connectivity index (χ1n) is 13.4. The van der Waals surface area contributed by atoms with Gasteiger partial charge in [0.1, 0.15) is 12.0 Å². The lowest BCUT2D eigenvalue weighted by molar-refractivity contribution is -0.157. The Kier molecular flexibility index (Phi) is 13.9. The number of amides is 3. The second-order valence-electron chi connectivity index (χ2n) is 9.76. The zero-order chi connectivity index (χ0) is 27.0. The Balaban J connectivity index is 0.000000402. The number of rotatable bonds is 11. The lowest BCUT2D eigenvalue weighted by Gasteiger charge is -2.42. The number of carbonyl (C=O) groups is 3. The molecule has 2 atom stereocenters. The molecule has 9 heteroatoms. The van der Waals surface area contributed by atoms with Crippen LogP contribution >= 0.6 is 0 Å². The van der Waals surface area contributed by atoms with Gasteiger partial charge in [0.25, 0.3) is 0 Å². The molecule has 206 valence electrons. The number of hydrogen-bond donors (Lipinski definition) is 2. The van der Waals surface area contributed by atoms with Crippen molar-refractivity contribution in [2.24, 2.45) is 5.92 Å². The zero-order valence-electron chi connectivity index (χ0n) is 22.6. The van der Waals surface area contributed by atoms with E-state index >= 15 is 0 Å². The summed E-state index contributed by atoms with van der Waals surface area (Å²) in [4.78, 5) is 37.8. The molecule has 0 spiro atoms. The van der Waals surface area contributed by atoms with E-state index in [1.807, 2.05) is 11.9 Å². The van der Waals surface area contributed by atoms with E-state index in [1.165, 1.54) is 35.6 Å². The van der Waals surface area contributed by atoms with Crippen molar-refractivity contribution in [3.8, 4) is 0 Å². The molecule has 3 amide bonds. The van der Waals surface area contributed by atoms with E-state index in [2.05, 4.69) is 23.6 Å². The van der Waals surface area contributed by atoms with Crippen molar-refractivity contribution in [2.75, 3.05) is 33.7 Å². The average Bonchev–Trinajstić information content (AvgIpc) is 2.90. The topological polar surface area (TPSA) is 85.0 Å². The van der Waals surface area contributed by atoms with Crippen LogP contribution in [0.15, 0.2) is 35.9 Å². The fourth-order valence-corrected chi connectivity index (χ4v) is 4.81. The van der Waals surface area contributed by atoms with Gasteiger partial charge >= 0.3 is 0 Å². The largest absolute Gasteiger partial charge is 0.338 e. The van der Waals surface area contributed by atoms with Gasteiger partial charge in [0.15, 0.2) is 0 Å². The van der Waals surface area contributed by atoms with E-state index in [9.17, 15) is 18.8 Å². The van der Waals surface area contributed by atoms with Crippen molar-refractivity contribution < 1.29 is 18.8 Å². The SMILES string of the molecule is CCCC[C@@H]1CN(C)N(C=O)C(NC=O)CN(CCC2=CCCCC2)C1=O.CNCc1ccc(F)cc1. The summed E-state index contributed by atoms with van der Waals surface area (Å²) in [5.74, 6) is -0.176. The summed E-state index contributed by atoms with van der Waals surface area (Å²) in [6, 6.07) is 6.47. The molecule has 2 aliphatic rings. The monoisotopic (exact) mass is 517 g/mol. The van der Waals surface area contributed by atoms with Gasteiger partial charge in [-0.3, -0.25) is 19.4 Å². The molecule has 1 fully saturated rings. The fourth-order valence-electron chi connectivity index (χ4n) is 4.81. The van der Waals surface area contributed by atoms with E-state index in [4.69, 9.17) is 0 Å². The number of allylic oxidation sites excluding steroid dienone is 1. The zero-order valence-corrected chi connectivity index (χ0v) is 22.6. The number of benzene rings is 1. The minimum absolute atomic E-state index is 0.130. The van der Waals surface area contributed by atoms with Crippen LogP contribution in [0.2, 0.25) is 0 Å². The molecule has 0 radical (unpaired) electrons. The van der Waals surface area contributed by atoms with E-state index in [1.54, 1.807) is 24.2 Å². The summed E-state index contributed by atoms with van der Waals surface area (Å²) in [6.07, 6.45) is 11.5. The Morgan fingerprint density at radius 1 is 1.14 bits per heavy atom. The Labute approximate surface area is 221 Å². The van der Waals surface area contributed by atoms with Crippen LogP contribution in [0.5, 0.6) is 0 Å². The maximum Gasteiger partial charge on any atom is 0.227 e. The minimum Gasteiger partial charge on any atom is -0.338 e. The minimum atomic E-state index is -0.540. The van der Waals surface area contributed by atoms with Gasteiger partial charge in [-0.25, -0.2) is 9.40 Å². The molecule has 3 rings (SSSR count). The predicted octanol–water partition coefficient (Wildman–Crippen LogP) is 3.45. The van der Waals surface area contributed by atoms with Gasteiger partial charge in [0.05, 0.1) is 12.5 Å². The molecule has 1 heterocycles.